The third-order valence-corrected chi connectivity index (χ3v) is 7.16. The monoisotopic (exact) mass is 375 g/mol. The average molecular weight is 375 g/mol. The summed E-state index contributed by atoms with van der Waals surface area (Å²) in [6.07, 6.45) is 3.38. The Morgan fingerprint density at radius 1 is 1.27 bits per heavy atom. The van der Waals surface area contributed by atoms with Crippen LogP contribution in [0.5, 0.6) is 5.75 Å². The van der Waals surface area contributed by atoms with Crippen LogP contribution in [0.1, 0.15) is 35.0 Å². The van der Waals surface area contributed by atoms with Crippen LogP contribution < -0.4 is 10.1 Å². The van der Waals surface area contributed by atoms with E-state index in [1.54, 1.807) is 7.11 Å². The Kier molecular flexibility index (Phi) is 4.75. The maximum Gasteiger partial charge on any atom is 0.152 e. The molecule has 6 nitrogen and oxygen atoms in total. The summed E-state index contributed by atoms with van der Waals surface area (Å²) in [5.74, 6) is 1.38. The van der Waals surface area contributed by atoms with Gasteiger partial charge in [0.25, 0.3) is 0 Å². The lowest BCUT2D eigenvalue weighted by molar-refractivity contribution is 0.414. The lowest BCUT2D eigenvalue weighted by Crippen LogP contribution is -2.26. The van der Waals surface area contributed by atoms with Crippen LogP contribution in [-0.4, -0.2) is 43.4 Å². The number of aryl methyl sites for hydroxylation is 2. The fourth-order valence-electron chi connectivity index (χ4n) is 3.97. The number of ether oxygens (including phenoxy) is 1. The summed E-state index contributed by atoms with van der Waals surface area (Å²) in [6, 6.07) is 8.14. The Morgan fingerprint density at radius 3 is 2.77 bits per heavy atom. The molecule has 26 heavy (non-hydrogen) atoms. The maximum atomic E-state index is 11.9. The molecule has 7 heteroatoms. The highest BCUT2D eigenvalue weighted by Gasteiger charge is 2.33. The van der Waals surface area contributed by atoms with Gasteiger partial charge in [0.15, 0.2) is 9.84 Å². The average Bonchev–Trinajstić information content (AvgIpc) is 3.20. The van der Waals surface area contributed by atoms with Gasteiger partial charge in [-0.05, 0) is 37.0 Å². The number of methoxy groups -OCH3 is 1. The first-order valence-corrected chi connectivity index (χ1v) is 11.0. The fraction of sp³-hybridized carbons (Fsp3) is 0.526. The van der Waals surface area contributed by atoms with Crippen molar-refractivity contribution in [2.45, 2.75) is 38.3 Å². The highest BCUT2D eigenvalue weighted by molar-refractivity contribution is 7.91. The van der Waals surface area contributed by atoms with Gasteiger partial charge >= 0.3 is 0 Å². The van der Waals surface area contributed by atoms with E-state index in [0.717, 1.165) is 43.8 Å². The molecule has 1 aromatic carbocycles. The summed E-state index contributed by atoms with van der Waals surface area (Å²) in [6.45, 7) is 1.75. The van der Waals surface area contributed by atoms with Crippen molar-refractivity contribution in [1.82, 2.24) is 15.1 Å². The molecule has 0 spiro atoms. The molecule has 1 unspecified atom stereocenters. The van der Waals surface area contributed by atoms with Crippen LogP contribution in [0.4, 0.5) is 0 Å². The number of hydrogen-bond donors (Lipinski definition) is 1. The Morgan fingerprint density at radius 2 is 2.08 bits per heavy atom. The Balaban J connectivity index is 1.56. The lowest BCUT2D eigenvalue weighted by atomic mass is 10.0. The molecule has 0 aliphatic carbocycles. The summed E-state index contributed by atoms with van der Waals surface area (Å²) in [5.41, 5.74) is 4.86. The van der Waals surface area contributed by atoms with Crippen LogP contribution >= 0.6 is 0 Å². The smallest absolute Gasteiger partial charge is 0.152 e. The molecule has 2 aromatic rings. The van der Waals surface area contributed by atoms with Gasteiger partial charge in [-0.1, -0.05) is 12.1 Å². The molecule has 3 heterocycles. The first-order chi connectivity index (χ1) is 12.6. The van der Waals surface area contributed by atoms with Crippen molar-refractivity contribution in [3.05, 3.63) is 46.8 Å². The molecule has 4 rings (SSSR count). The number of benzene rings is 1. The molecule has 2 aliphatic rings. The SMILES string of the molecule is COc1ccc(CCc2nn(C3CCS(=O)(=O)C3)c3c2CNCC3)cc1. The summed E-state index contributed by atoms with van der Waals surface area (Å²) in [4.78, 5) is 0. The third kappa shape index (κ3) is 3.50. The first-order valence-electron chi connectivity index (χ1n) is 9.19. The second-order valence-corrected chi connectivity index (χ2v) is 9.38. The van der Waals surface area contributed by atoms with Crippen molar-refractivity contribution < 1.29 is 13.2 Å². The van der Waals surface area contributed by atoms with Gasteiger partial charge in [0.05, 0.1) is 30.4 Å². The molecule has 1 aromatic heterocycles. The zero-order valence-corrected chi connectivity index (χ0v) is 15.9. The second kappa shape index (κ2) is 7.04. The zero-order chi connectivity index (χ0) is 18.1. The van der Waals surface area contributed by atoms with Gasteiger partial charge in [0.1, 0.15) is 5.75 Å². The van der Waals surface area contributed by atoms with Crippen molar-refractivity contribution in [2.24, 2.45) is 0 Å². The topological polar surface area (TPSA) is 73.2 Å². The van der Waals surface area contributed by atoms with E-state index in [0.29, 0.717) is 6.42 Å². The molecular formula is C19H25N3O3S. The van der Waals surface area contributed by atoms with E-state index < -0.39 is 9.84 Å². The van der Waals surface area contributed by atoms with Crippen molar-refractivity contribution in [3.8, 4) is 5.75 Å². The van der Waals surface area contributed by atoms with Crippen molar-refractivity contribution in [2.75, 3.05) is 25.2 Å². The summed E-state index contributed by atoms with van der Waals surface area (Å²) in [7, 11) is -1.24. The molecule has 1 saturated heterocycles. The van der Waals surface area contributed by atoms with Crippen molar-refractivity contribution in [3.63, 3.8) is 0 Å². The Labute approximate surface area is 154 Å². The number of fused-ring (bicyclic) bond motifs is 1. The molecule has 140 valence electrons. The normalized spacial score (nSPS) is 21.5. The number of sulfone groups is 1. The van der Waals surface area contributed by atoms with E-state index in [1.165, 1.54) is 16.8 Å². The molecule has 1 atom stereocenters. The predicted octanol–water partition coefficient (Wildman–Crippen LogP) is 1.68. The van der Waals surface area contributed by atoms with Crippen LogP contribution in [0, 0.1) is 0 Å². The first kappa shape index (κ1) is 17.5. The molecule has 1 N–H and O–H groups in total. The minimum Gasteiger partial charge on any atom is -0.497 e. The predicted molar refractivity (Wildman–Crippen MR) is 100 cm³/mol. The molecule has 1 fully saturated rings. The Bertz CT molecular complexity index is 887. The van der Waals surface area contributed by atoms with E-state index >= 15 is 0 Å². The summed E-state index contributed by atoms with van der Waals surface area (Å²) >= 11 is 0. The van der Waals surface area contributed by atoms with Gasteiger partial charge in [-0.2, -0.15) is 5.10 Å². The number of nitrogens with one attached hydrogen (secondary N) is 1. The van der Waals surface area contributed by atoms with Gasteiger partial charge < -0.3 is 10.1 Å². The number of nitrogens with zero attached hydrogens (tertiary/aromatic N) is 2. The maximum absolute atomic E-state index is 11.9. The highest BCUT2D eigenvalue weighted by Crippen LogP contribution is 2.29. The highest BCUT2D eigenvalue weighted by atomic mass is 32.2. The Hall–Kier alpha value is -1.86. The number of rotatable bonds is 5. The largest absolute Gasteiger partial charge is 0.497 e. The standard InChI is InChI=1S/C19H25N3O3S/c1-25-16-5-2-14(3-6-16)4-7-18-17-12-20-10-8-19(17)22(21-18)15-9-11-26(23,24)13-15/h2-3,5-6,15,20H,4,7-13H2,1H3. The van der Waals surface area contributed by atoms with Crippen LogP contribution in [0.2, 0.25) is 0 Å². The van der Waals surface area contributed by atoms with Crippen LogP contribution in [0.3, 0.4) is 0 Å². The molecule has 0 saturated carbocycles. The second-order valence-electron chi connectivity index (χ2n) is 7.15. The molecular weight excluding hydrogens is 350 g/mol. The minimum atomic E-state index is -2.91. The van der Waals surface area contributed by atoms with Crippen LogP contribution in [0.25, 0.3) is 0 Å². The minimum absolute atomic E-state index is 0.00147. The number of aromatic nitrogens is 2. The van der Waals surface area contributed by atoms with Crippen molar-refractivity contribution in [1.29, 1.82) is 0 Å². The summed E-state index contributed by atoms with van der Waals surface area (Å²) < 4.78 is 31.0. The number of hydrogen-bond acceptors (Lipinski definition) is 5. The van der Waals surface area contributed by atoms with E-state index in [4.69, 9.17) is 9.84 Å². The molecule has 0 amide bonds. The van der Waals surface area contributed by atoms with Gasteiger partial charge in [-0.25, -0.2) is 8.42 Å². The van der Waals surface area contributed by atoms with E-state index in [9.17, 15) is 8.42 Å². The van der Waals surface area contributed by atoms with Gasteiger partial charge in [-0.15, -0.1) is 0 Å². The zero-order valence-electron chi connectivity index (χ0n) is 15.1. The van der Waals surface area contributed by atoms with Crippen LogP contribution in [-0.2, 0) is 35.6 Å². The van der Waals surface area contributed by atoms with E-state index in [2.05, 4.69) is 17.4 Å². The fourth-order valence-corrected chi connectivity index (χ4v) is 5.66. The third-order valence-electron chi connectivity index (χ3n) is 5.41. The summed E-state index contributed by atoms with van der Waals surface area (Å²) in [5, 5.41) is 8.30. The van der Waals surface area contributed by atoms with Crippen LogP contribution in [0.15, 0.2) is 24.3 Å². The van der Waals surface area contributed by atoms with Gasteiger partial charge in [-0.3, -0.25) is 4.68 Å². The molecule has 0 radical (unpaired) electrons. The molecule has 2 aliphatic heterocycles. The lowest BCUT2D eigenvalue weighted by Gasteiger charge is -2.18. The van der Waals surface area contributed by atoms with Gasteiger partial charge in [0, 0.05) is 30.8 Å². The van der Waals surface area contributed by atoms with Gasteiger partial charge in [0.2, 0.25) is 0 Å². The quantitative estimate of drug-likeness (QED) is 0.861. The van der Waals surface area contributed by atoms with Crippen molar-refractivity contribution >= 4 is 9.84 Å². The van der Waals surface area contributed by atoms with E-state index in [1.807, 2.05) is 16.8 Å². The molecule has 0 bridgehead atoms. The van der Waals surface area contributed by atoms with E-state index in [-0.39, 0.29) is 17.5 Å².